The highest BCUT2D eigenvalue weighted by Gasteiger charge is 2.35. The van der Waals surface area contributed by atoms with Gasteiger partial charge in [0.25, 0.3) is 0 Å². The number of carbonyl (C=O) groups excluding carboxylic acids is 2. The number of nitrogens with two attached hydrogens (primary N) is 1. The number of amides is 2. The average molecular weight is 293 g/mol. The number of hydrogen-bond donors (Lipinski definition) is 1. The van der Waals surface area contributed by atoms with Crippen LogP contribution in [0.3, 0.4) is 0 Å². The zero-order valence-corrected chi connectivity index (χ0v) is 12.8. The van der Waals surface area contributed by atoms with E-state index in [9.17, 15) is 9.59 Å². The molecular formula is C16H27N3O2. The molecule has 0 bridgehead atoms. The number of piperidine rings is 1. The van der Waals surface area contributed by atoms with Crippen LogP contribution in [0.2, 0.25) is 0 Å². The first kappa shape index (κ1) is 14.8. The summed E-state index contributed by atoms with van der Waals surface area (Å²) in [6.07, 6.45) is 8.19. The molecule has 5 nitrogen and oxygen atoms in total. The van der Waals surface area contributed by atoms with E-state index >= 15 is 0 Å². The lowest BCUT2D eigenvalue weighted by atomic mass is 9.95. The van der Waals surface area contributed by atoms with Crippen LogP contribution < -0.4 is 5.73 Å². The van der Waals surface area contributed by atoms with Crippen LogP contribution in [0.15, 0.2) is 0 Å². The van der Waals surface area contributed by atoms with Crippen LogP contribution in [0.5, 0.6) is 0 Å². The second kappa shape index (κ2) is 6.34. The molecule has 1 saturated carbocycles. The Hall–Kier alpha value is -1.10. The van der Waals surface area contributed by atoms with Crippen molar-refractivity contribution >= 4 is 11.8 Å². The summed E-state index contributed by atoms with van der Waals surface area (Å²) in [4.78, 5) is 27.8. The zero-order chi connectivity index (χ0) is 14.8. The van der Waals surface area contributed by atoms with Crippen molar-refractivity contribution in [3.63, 3.8) is 0 Å². The van der Waals surface area contributed by atoms with Crippen LogP contribution in [0.1, 0.15) is 44.9 Å². The standard InChI is InChI=1S/C16H27N3O2/c17-16(21)13-8-15(20)19(11-13)10-12-4-3-7-18(9-12)14-5-1-2-6-14/h12-14H,1-11H2,(H2,17,21). The van der Waals surface area contributed by atoms with Crippen LogP contribution in [0, 0.1) is 11.8 Å². The van der Waals surface area contributed by atoms with Gasteiger partial charge in [-0.3, -0.25) is 9.59 Å². The quantitative estimate of drug-likeness (QED) is 0.840. The third kappa shape index (κ3) is 3.39. The van der Waals surface area contributed by atoms with Crippen molar-refractivity contribution in [2.75, 3.05) is 26.2 Å². The summed E-state index contributed by atoms with van der Waals surface area (Å²) in [5, 5.41) is 0. The predicted octanol–water partition coefficient (Wildman–Crippen LogP) is 0.975. The van der Waals surface area contributed by atoms with Gasteiger partial charge in [0, 0.05) is 32.1 Å². The summed E-state index contributed by atoms with van der Waals surface area (Å²) >= 11 is 0. The molecule has 2 heterocycles. The Morgan fingerprint density at radius 3 is 2.57 bits per heavy atom. The molecule has 0 aromatic carbocycles. The van der Waals surface area contributed by atoms with Crippen molar-refractivity contribution in [3.8, 4) is 0 Å². The lowest BCUT2D eigenvalue weighted by Gasteiger charge is -2.38. The van der Waals surface area contributed by atoms with Gasteiger partial charge in [0.2, 0.25) is 11.8 Å². The van der Waals surface area contributed by atoms with Gasteiger partial charge in [0.15, 0.2) is 0 Å². The van der Waals surface area contributed by atoms with E-state index in [0.29, 0.717) is 18.9 Å². The van der Waals surface area contributed by atoms with E-state index in [-0.39, 0.29) is 17.7 Å². The highest BCUT2D eigenvalue weighted by atomic mass is 16.2. The summed E-state index contributed by atoms with van der Waals surface area (Å²) in [7, 11) is 0. The molecule has 0 aromatic rings. The molecule has 3 fully saturated rings. The van der Waals surface area contributed by atoms with E-state index in [4.69, 9.17) is 5.73 Å². The van der Waals surface area contributed by atoms with Crippen molar-refractivity contribution in [2.24, 2.45) is 17.6 Å². The number of hydrogen-bond acceptors (Lipinski definition) is 3. The third-order valence-electron chi connectivity index (χ3n) is 5.49. The predicted molar refractivity (Wildman–Crippen MR) is 80.4 cm³/mol. The van der Waals surface area contributed by atoms with Gasteiger partial charge >= 0.3 is 0 Å². The molecule has 2 amide bonds. The molecule has 2 unspecified atom stereocenters. The maximum atomic E-state index is 12.0. The van der Waals surface area contributed by atoms with Gasteiger partial charge in [-0.1, -0.05) is 12.8 Å². The Morgan fingerprint density at radius 1 is 1.14 bits per heavy atom. The van der Waals surface area contributed by atoms with Crippen molar-refractivity contribution in [1.82, 2.24) is 9.80 Å². The normalized spacial score (nSPS) is 32.0. The van der Waals surface area contributed by atoms with Gasteiger partial charge < -0.3 is 15.5 Å². The summed E-state index contributed by atoms with van der Waals surface area (Å²) in [6.45, 7) is 3.69. The first-order valence-electron chi connectivity index (χ1n) is 8.44. The van der Waals surface area contributed by atoms with E-state index in [2.05, 4.69) is 4.90 Å². The number of nitrogens with zero attached hydrogens (tertiary/aromatic N) is 2. The fourth-order valence-electron chi connectivity index (χ4n) is 4.30. The molecule has 2 aliphatic heterocycles. The fraction of sp³-hybridized carbons (Fsp3) is 0.875. The highest BCUT2D eigenvalue weighted by Crippen LogP contribution is 2.29. The van der Waals surface area contributed by atoms with Gasteiger partial charge in [-0.15, -0.1) is 0 Å². The molecule has 2 saturated heterocycles. The molecule has 3 rings (SSSR count). The van der Waals surface area contributed by atoms with E-state index in [1.165, 1.54) is 45.1 Å². The Labute approximate surface area is 126 Å². The molecule has 0 aromatic heterocycles. The minimum atomic E-state index is -0.331. The molecule has 2 N–H and O–H groups in total. The summed E-state index contributed by atoms with van der Waals surface area (Å²) < 4.78 is 0. The first-order valence-corrected chi connectivity index (χ1v) is 8.44. The Morgan fingerprint density at radius 2 is 1.90 bits per heavy atom. The maximum absolute atomic E-state index is 12.0. The second-order valence-electron chi connectivity index (χ2n) is 7.04. The van der Waals surface area contributed by atoms with Gasteiger partial charge in [-0.2, -0.15) is 0 Å². The number of rotatable bonds is 4. The van der Waals surface area contributed by atoms with Crippen LogP contribution >= 0.6 is 0 Å². The Balaban J connectivity index is 1.52. The van der Waals surface area contributed by atoms with Crippen LogP contribution in [0.25, 0.3) is 0 Å². The van der Waals surface area contributed by atoms with Crippen molar-refractivity contribution in [3.05, 3.63) is 0 Å². The smallest absolute Gasteiger partial charge is 0.223 e. The summed E-state index contributed by atoms with van der Waals surface area (Å²) in [6, 6.07) is 0.778. The number of primary amides is 1. The Bertz CT molecular complexity index is 406. The lowest BCUT2D eigenvalue weighted by Crippen LogP contribution is -2.45. The molecule has 5 heteroatoms. The maximum Gasteiger partial charge on any atom is 0.223 e. The van der Waals surface area contributed by atoms with Crippen LogP contribution in [0.4, 0.5) is 0 Å². The summed E-state index contributed by atoms with van der Waals surface area (Å²) in [5.41, 5.74) is 5.33. The highest BCUT2D eigenvalue weighted by molar-refractivity contribution is 5.88. The SMILES string of the molecule is NC(=O)C1CC(=O)N(CC2CCCN(C3CCCC3)C2)C1. The van der Waals surface area contributed by atoms with Crippen LogP contribution in [-0.2, 0) is 9.59 Å². The molecule has 1 aliphatic carbocycles. The summed E-state index contributed by atoms with van der Waals surface area (Å²) in [5.74, 6) is 0.0702. The first-order chi connectivity index (χ1) is 10.1. The van der Waals surface area contributed by atoms with Crippen molar-refractivity contribution in [2.45, 2.75) is 51.0 Å². The molecule has 21 heavy (non-hydrogen) atoms. The second-order valence-corrected chi connectivity index (χ2v) is 7.04. The van der Waals surface area contributed by atoms with Gasteiger partial charge in [0.05, 0.1) is 5.92 Å². The van der Waals surface area contributed by atoms with Gasteiger partial charge in [-0.25, -0.2) is 0 Å². The molecule has 118 valence electrons. The molecular weight excluding hydrogens is 266 g/mol. The van der Waals surface area contributed by atoms with E-state index < -0.39 is 0 Å². The van der Waals surface area contributed by atoms with E-state index in [0.717, 1.165) is 19.1 Å². The number of likely N-dealkylation sites (tertiary alicyclic amines) is 2. The van der Waals surface area contributed by atoms with E-state index in [1.807, 2.05) is 4.90 Å². The van der Waals surface area contributed by atoms with E-state index in [1.54, 1.807) is 0 Å². The largest absolute Gasteiger partial charge is 0.369 e. The topological polar surface area (TPSA) is 66.6 Å². The van der Waals surface area contributed by atoms with Gasteiger partial charge in [-0.05, 0) is 38.1 Å². The molecule has 0 spiro atoms. The molecule has 0 radical (unpaired) electrons. The minimum absolute atomic E-state index is 0.108. The van der Waals surface area contributed by atoms with Crippen molar-refractivity contribution in [1.29, 1.82) is 0 Å². The third-order valence-corrected chi connectivity index (χ3v) is 5.49. The lowest BCUT2D eigenvalue weighted by molar-refractivity contribution is -0.129. The fourth-order valence-corrected chi connectivity index (χ4v) is 4.30. The zero-order valence-electron chi connectivity index (χ0n) is 12.8. The Kier molecular flexibility index (Phi) is 4.48. The monoisotopic (exact) mass is 293 g/mol. The minimum Gasteiger partial charge on any atom is -0.369 e. The number of carbonyl (C=O) groups is 2. The van der Waals surface area contributed by atoms with Crippen LogP contribution in [-0.4, -0.2) is 53.8 Å². The van der Waals surface area contributed by atoms with Gasteiger partial charge in [0.1, 0.15) is 0 Å². The molecule has 2 atom stereocenters. The average Bonchev–Trinajstić information content (AvgIpc) is 3.10. The van der Waals surface area contributed by atoms with Crippen molar-refractivity contribution < 1.29 is 9.59 Å². The molecule has 3 aliphatic rings.